The first kappa shape index (κ1) is 13.6. The first-order chi connectivity index (χ1) is 9.45. The topological polar surface area (TPSA) is 20.2 Å². The zero-order valence-corrected chi connectivity index (χ0v) is 12.9. The maximum absolute atomic E-state index is 10.4. The first-order valence-electron chi connectivity index (χ1n) is 6.46. The standard InChI is InChI=1S/C17H15ClOS/c1-17(2,19)14-10-12(18)7-8-13(14)16-9-11-5-3-4-6-15(11)20-16/h3-10,19H,1-2H3. The molecule has 0 saturated heterocycles. The molecule has 0 amide bonds. The Morgan fingerprint density at radius 3 is 2.50 bits per heavy atom. The molecule has 0 aliphatic carbocycles. The van der Waals surface area contributed by atoms with Gasteiger partial charge in [0.15, 0.2) is 0 Å². The number of rotatable bonds is 2. The van der Waals surface area contributed by atoms with Crippen LogP contribution in [0.4, 0.5) is 0 Å². The molecule has 0 saturated carbocycles. The van der Waals surface area contributed by atoms with Crippen LogP contribution in [0.2, 0.25) is 5.02 Å². The van der Waals surface area contributed by atoms with E-state index in [1.807, 2.05) is 30.3 Å². The Morgan fingerprint density at radius 2 is 1.80 bits per heavy atom. The summed E-state index contributed by atoms with van der Waals surface area (Å²) in [5.74, 6) is 0. The van der Waals surface area contributed by atoms with Crippen molar-refractivity contribution in [2.24, 2.45) is 0 Å². The maximum Gasteiger partial charge on any atom is 0.0847 e. The van der Waals surface area contributed by atoms with E-state index >= 15 is 0 Å². The third-order valence-corrected chi connectivity index (χ3v) is 4.72. The van der Waals surface area contributed by atoms with Crippen LogP contribution in [0, 0.1) is 0 Å². The van der Waals surface area contributed by atoms with Crippen molar-refractivity contribution in [1.29, 1.82) is 0 Å². The maximum atomic E-state index is 10.4. The normalized spacial score (nSPS) is 12.0. The van der Waals surface area contributed by atoms with E-state index in [-0.39, 0.29) is 0 Å². The van der Waals surface area contributed by atoms with Gasteiger partial charge < -0.3 is 5.11 Å². The van der Waals surface area contributed by atoms with Gasteiger partial charge in [-0.3, -0.25) is 0 Å². The lowest BCUT2D eigenvalue weighted by molar-refractivity contribution is 0.0792. The summed E-state index contributed by atoms with van der Waals surface area (Å²) >= 11 is 7.81. The van der Waals surface area contributed by atoms with Crippen molar-refractivity contribution in [3.8, 4) is 10.4 Å². The van der Waals surface area contributed by atoms with Gasteiger partial charge in [-0.2, -0.15) is 0 Å². The lowest BCUT2D eigenvalue weighted by Gasteiger charge is -2.21. The molecule has 3 rings (SSSR count). The molecule has 102 valence electrons. The molecule has 1 N–H and O–H groups in total. The van der Waals surface area contributed by atoms with Gasteiger partial charge in [-0.15, -0.1) is 11.3 Å². The highest BCUT2D eigenvalue weighted by atomic mass is 35.5. The number of thiophene rings is 1. The van der Waals surface area contributed by atoms with Crippen molar-refractivity contribution in [1.82, 2.24) is 0 Å². The molecule has 0 fully saturated rings. The fourth-order valence-electron chi connectivity index (χ4n) is 2.35. The Morgan fingerprint density at radius 1 is 1.05 bits per heavy atom. The predicted molar refractivity (Wildman–Crippen MR) is 87.5 cm³/mol. The highest BCUT2D eigenvalue weighted by Crippen LogP contribution is 2.39. The predicted octanol–water partition coefficient (Wildman–Crippen LogP) is 5.45. The second-order valence-corrected chi connectivity index (χ2v) is 6.92. The lowest BCUT2D eigenvalue weighted by Crippen LogP contribution is -2.16. The number of hydrogen-bond donors (Lipinski definition) is 1. The van der Waals surface area contributed by atoms with Crippen LogP contribution in [0.5, 0.6) is 0 Å². The Labute approximate surface area is 127 Å². The molecule has 0 aliphatic rings. The highest BCUT2D eigenvalue weighted by molar-refractivity contribution is 7.22. The second kappa shape index (κ2) is 4.88. The summed E-state index contributed by atoms with van der Waals surface area (Å²) in [6, 6.07) is 16.2. The van der Waals surface area contributed by atoms with E-state index in [1.165, 1.54) is 10.1 Å². The summed E-state index contributed by atoms with van der Waals surface area (Å²) < 4.78 is 1.25. The first-order valence-corrected chi connectivity index (χ1v) is 7.66. The van der Waals surface area contributed by atoms with Crippen LogP contribution in [0.15, 0.2) is 48.5 Å². The average Bonchev–Trinajstić information content (AvgIpc) is 2.81. The largest absolute Gasteiger partial charge is 0.386 e. The van der Waals surface area contributed by atoms with Gasteiger partial charge in [-0.25, -0.2) is 0 Å². The second-order valence-electron chi connectivity index (χ2n) is 5.40. The summed E-state index contributed by atoms with van der Waals surface area (Å²) in [6.07, 6.45) is 0. The Balaban J connectivity index is 2.23. The van der Waals surface area contributed by atoms with Gasteiger partial charge >= 0.3 is 0 Å². The van der Waals surface area contributed by atoms with Crippen LogP contribution < -0.4 is 0 Å². The van der Waals surface area contributed by atoms with E-state index in [4.69, 9.17) is 11.6 Å². The molecule has 3 aromatic rings. The van der Waals surface area contributed by atoms with Crippen LogP contribution >= 0.6 is 22.9 Å². The van der Waals surface area contributed by atoms with E-state index in [0.717, 1.165) is 16.0 Å². The zero-order valence-electron chi connectivity index (χ0n) is 11.4. The summed E-state index contributed by atoms with van der Waals surface area (Å²) in [4.78, 5) is 1.15. The molecule has 1 aromatic heterocycles. The Kier molecular flexibility index (Phi) is 3.33. The molecule has 0 unspecified atom stereocenters. The molecule has 0 aliphatic heterocycles. The van der Waals surface area contributed by atoms with Gasteiger partial charge in [0.25, 0.3) is 0 Å². The van der Waals surface area contributed by atoms with Crippen LogP contribution in [0.25, 0.3) is 20.5 Å². The zero-order chi connectivity index (χ0) is 14.3. The minimum atomic E-state index is -0.920. The summed E-state index contributed by atoms with van der Waals surface area (Å²) in [7, 11) is 0. The van der Waals surface area contributed by atoms with Crippen LogP contribution in [-0.4, -0.2) is 5.11 Å². The molecular formula is C17H15ClOS. The third-order valence-electron chi connectivity index (χ3n) is 3.33. The summed E-state index contributed by atoms with van der Waals surface area (Å²) in [5.41, 5.74) is 0.982. The van der Waals surface area contributed by atoms with Crippen molar-refractivity contribution < 1.29 is 5.11 Å². The van der Waals surface area contributed by atoms with Crippen molar-refractivity contribution in [3.05, 3.63) is 59.1 Å². The molecule has 3 heteroatoms. The fraction of sp³-hybridized carbons (Fsp3) is 0.176. The molecular weight excluding hydrogens is 288 g/mol. The quantitative estimate of drug-likeness (QED) is 0.667. The molecule has 1 heterocycles. The van der Waals surface area contributed by atoms with Gasteiger partial charge in [0.05, 0.1) is 5.60 Å². The smallest absolute Gasteiger partial charge is 0.0847 e. The van der Waals surface area contributed by atoms with Crippen molar-refractivity contribution >= 4 is 33.0 Å². The van der Waals surface area contributed by atoms with Crippen LogP contribution in [0.3, 0.4) is 0 Å². The molecule has 0 bridgehead atoms. The van der Waals surface area contributed by atoms with Crippen molar-refractivity contribution in [2.75, 3.05) is 0 Å². The van der Waals surface area contributed by atoms with Gasteiger partial charge in [0, 0.05) is 14.6 Å². The summed E-state index contributed by atoms with van der Waals surface area (Å²) in [5, 5.41) is 12.2. The van der Waals surface area contributed by atoms with Gasteiger partial charge in [-0.05, 0) is 54.6 Å². The van der Waals surface area contributed by atoms with Crippen LogP contribution in [-0.2, 0) is 5.60 Å². The Bertz CT molecular complexity index is 735. The van der Waals surface area contributed by atoms with Gasteiger partial charge in [0.1, 0.15) is 0 Å². The van der Waals surface area contributed by atoms with E-state index in [0.29, 0.717) is 5.02 Å². The minimum Gasteiger partial charge on any atom is -0.386 e. The molecule has 1 nitrogen and oxygen atoms in total. The molecule has 20 heavy (non-hydrogen) atoms. The van der Waals surface area contributed by atoms with E-state index in [1.54, 1.807) is 25.2 Å². The minimum absolute atomic E-state index is 0.645. The van der Waals surface area contributed by atoms with Gasteiger partial charge in [0.2, 0.25) is 0 Å². The number of aliphatic hydroxyl groups is 1. The van der Waals surface area contributed by atoms with E-state index in [2.05, 4.69) is 18.2 Å². The van der Waals surface area contributed by atoms with Gasteiger partial charge in [-0.1, -0.05) is 35.9 Å². The number of hydrogen-bond acceptors (Lipinski definition) is 2. The van der Waals surface area contributed by atoms with Crippen molar-refractivity contribution in [3.63, 3.8) is 0 Å². The third kappa shape index (κ3) is 2.47. The lowest BCUT2D eigenvalue weighted by atomic mass is 9.92. The average molecular weight is 303 g/mol. The highest BCUT2D eigenvalue weighted by Gasteiger charge is 2.22. The van der Waals surface area contributed by atoms with Crippen LogP contribution in [0.1, 0.15) is 19.4 Å². The Hall–Kier alpha value is -1.35. The number of benzene rings is 2. The monoisotopic (exact) mass is 302 g/mol. The van der Waals surface area contributed by atoms with E-state index in [9.17, 15) is 5.11 Å². The molecule has 0 atom stereocenters. The van der Waals surface area contributed by atoms with Crippen molar-refractivity contribution in [2.45, 2.75) is 19.4 Å². The van der Waals surface area contributed by atoms with E-state index < -0.39 is 5.60 Å². The fourth-order valence-corrected chi connectivity index (χ4v) is 3.63. The number of halogens is 1. The summed E-state index contributed by atoms with van der Waals surface area (Å²) in [6.45, 7) is 3.57. The molecule has 0 spiro atoms. The number of fused-ring (bicyclic) bond motifs is 1. The SMILES string of the molecule is CC(C)(O)c1cc(Cl)ccc1-c1cc2ccccc2s1. The molecule has 2 aromatic carbocycles. The molecule has 0 radical (unpaired) electrons.